The summed E-state index contributed by atoms with van der Waals surface area (Å²) in [4.78, 5) is 14.6. The molecular weight excluding hydrogens is 374 g/mol. The van der Waals surface area contributed by atoms with E-state index in [2.05, 4.69) is 0 Å². The van der Waals surface area contributed by atoms with E-state index in [-0.39, 0.29) is 12.1 Å². The Hall–Kier alpha value is -3.09. The molecule has 0 saturated carbocycles. The fourth-order valence-electron chi connectivity index (χ4n) is 4.53. The van der Waals surface area contributed by atoms with Crippen LogP contribution in [0.1, 0.15) is 29.7 Å². The number of carbonyl (C=O) groups excluding carboxylic acids is 1. The molecular formula is C22H25NO6. The predicted molar refractivity (Wildman–Crippen MR) is 107 cm³/mol. The van der Waals surface area contributed by atoms with E-state index in [0.29, 0.717) is 36.8 Å². The Labute approximate surface area is 170 Å². The number of methoxy groups -OCH3 is 4. The first kappa shape index (κ1) is 19.2. The maximum atomic E-state index is 12.8. The zero-order valence-electron chi connectivity index (χ0n) is 17.3. The van der Waals surface area contributed by atoms with Gasteiger partial charge in [0, 0.05) is 17.7 Å². The molecule has 7 heteroatoms. The molecule has 0 bridgehead atoms. The van der Waals surface area contributed by atoms with E-state index >= 15 is 0 Å². The Bertz CT molecular complexity index is 971. The highest BCUT2D eigenvalue weighted by Gasteiger charge is 2.45. The van der Waals surface area contributed by atoms with Crippen molar-refractivity contribution in [2.24, 2.45) is 0 Å². The smallest absolute Gasteiger partial charge is 0.410 e. The molecule has 1 aliphatic heterocycles. The van der Waals surface area contributed by atoms with Crippen LogP contribution in [0.2, 0.25) is 0 Å². The molecule has 1 aliphatic carbocycles. The van der Waals surface area contributed by atoms with Crippen molar-refractivity contribution >= 4 is 6.09 Å². The van der Waals surface area contributed by atoms with Gasteiger partial charge in [0.25, 0.3) is 0 Å². The van der Waals surface area contributed by atoms with Crippen molar-refractivity contribution in [3.63, 3.8) is 0 Å². The zero-order chi connectivity index (χ0) is 20.7. The third-order valence-electron chi connectivity index (χ3n) is 5.63. The number of hydrogen-bond donors (Lipinski definition) is 0. The summed E-state index contributed by atoms with van der Waals surface area (Å²) in [6.45, 7) is 2.64. The number of rotatable bonds is 5. The van der Waals surface area contributed by atoms with Gasteiger partial charge in [0.1, 0.15) is 5.75 Å². The fraction of sp³-hybridized carbons (Fsp3) is 0.409. The normalized spacial score (nSPS) is 16.0. The summed E-state index contributed by atoms with van der Waals surface area (Å²) in [5.74, 6) is 2.54. The number of carbonyl (C=O) groups is 1. The number of amides is 1. The van der Waals surface area contributed by atoms with Crippen molar-refractivity contribution in [3.05, 3.63) is 34.9 Å². The second kappa shape index (κ2) is 7.39. The van der Waals surface area contributed by atoms with Gasteiger partial charge in [-0.3, -0.25) is 4.90 Å². The first-order valence-electron chi connectivity index (χ1n) is 9.57. The first-order chi connectivity index (χ1) is 14.1. The Morgan fingerprint density at radius 3 is 2.38 bits per heavy atom. The van der Waals surface area contributed by atoms with Gasteiger partial charge in [0.05, 0.1) is 41.1 Å². The van der Waals surface area contributed by atoms with E-state index in [0.717, 1.165) is 33.6 Å². The van der Waals surface area contributed by atoms with Crippen molar-refractivity contribution in [3.8, 4) is 34.1 Å². The van der Waals surface area contributed by atoms with Crippen molar-refractivity contribution in [1.29, 1.82) is 0 Å². The quantitative estimate of drug-likeness (QED) is 0.762. The van der Waals surface area contributed by atoms with E-state index < -0.39 is 0 Å². The third kappa shape index (κ3) is 2.68. The van der Waals surface area contributed by atoms with Gasteiger partial charge in [0.15, 0.2) is 11.5 Å². The average molecular weight is 399 g/mol. The summed E-state index contributed by atoms with van der Waals surface area (Å²) >= 11 is 0. The number of ether oxygens (including phenoxy) is 5. The van der Waals surface area contributed by atoms with Crippen LogP contribution in [0.3, 0.4) is 0 Å². The topological polar surface area (TPSA) is 66.5 Å². The Morgan fingerprint density at radius 2 is 1.76 bits per heavy atom. The summed E-state index contributed by atoms with van der Waals surface area (Å²) in [7, 11) is 6.47. The lowest BCUT2D eigenvalue weighted by atomic mass is 9.90. The van der Waals surface area contributed by atoms with Gasteiger partial charge in [-0.15, -0.1) is 0 Å². The van der Waals surface area contributed by atoms with E-state index in [1.807, 2.05) is 25.1 Å². The Balaban J connectivity index is 2.05. The van der Waals surface area contributed by atoms with E-state index in [9.17, 15) is 4.79 Å². The summed E-state index contributed by atoms with van der Waals surface area (Å²) in [6.07, 6.45) is 0.297. The molecule has 1 unspecified atom stereocenters. The van der Waals surface area contributed by atoms with Crippen molar-refractivity contribution in [2.75, 3.05) is 41.6 Å². The predicted octanol–water partition coefficient (Wildman–Crippen LogP) is 3.81. The lowest BCUT2D eigenvalue weighted by Crippen LogP contribution is -2.40. The van der Waals surface area contributed by atoms with Crippen LogP contribution >= 0.6 is 0 Å². The highest BCUT2D eigenvalue weighted by molar-refractivity contribution is 5.91. The fourth-order valence-corrected chi connectivity index (χ4v) is 4.53. The molecule has 1 atom stereocenters. The second-order valence-electron chi connectivity index (χ2n) is 6.87. The highest BCUT2D eigenvalue weighted by atomic mass is 16.6. The number of hydrogen-bond acceptors (Lipinski definition) is 6. The standard InChI is InChI=1S/C22H25NO6/c1-6-29-22(24)23-10-9-14-16-17(20(27-4)21(28-5)19(14)26-3)13-8-7-12(25-2)11-15(13)18(16)23/h7-8,11,18H,6,9-10H2,1-5H3. The number of fused-ring (bicyclic) bond motifs is 3. The van der Waals surface area contributed by atoms with Gasteiger partial charge in [-0.05, 0) is 42.2 Å². The highest BCUT2D eigenvalue weighted by Crippen LogP contribution is 2.60. The Morgan fingerprint density at radius 1 is 1.03 bits per heavy atom. The molecule has 2 aromatic carbocycles. The summed E-state index contributed by atoms with van der Waals surface area (Å²) in [5.41, 5.74) is 4.92. The summed E-state index contributed by atoms with van der Waals surface area (Å²) in [5, 5.41) is 0. The maximum absolute atomic E-state index is 12.8. The van der Waals surface area contributed by atoms with Crippen molar-refractivity contribution < 1.29 is 28.5 Å². The number of nitrogens with zero attached hydrogens (tertiary/aromatic N) is 1. The molecule has 154 valence electrons. The van der Waals surface area contributed by atoms with Crippen LogP contribution in [0, 0.1) is 0 Å². The molecule has 29 heavy (non-hydrogen) atoms. The molecule has 1 amide bonds. The molecule has 1 heterocycles. The SMILES string of the molecule is CCOC(=O)N1CCc2c(OC)c(OC)c(OC)c3c2C1c1cc(OC)ccc1-3. The molecule has 2 aliphatic rings. The van der Waals surface area contributed by atoms with Gasteiger partial charge in [-0.1, -0.05) is 6.07 Å². The van der Waals surface area contributed by atoms with Crippen LogP contribution in [0.15, 0.2) is 18.2 Å². The lowest BCUT2D eigenvalue weighted by molar-refractivity contribution is 0.0942. The molecule has 0 fully saturated rings. The van der Waals surface area contributed by atoms with Crippen LogP contribution < -0.4 is 18.9 Å². The minimum absolute atomic E-state index is 0.299. The van der Waals surface area contributed by atoms with Crippen LogP contribution in [0.4, 0.5) is 4.79 Å². The molecule has 0 spiro atoms. The third-order valence-corrected chi connectivity index (χ3v) is 5.63. The molecule has 0 saturated heterocycles. The summed E-state index contributed by atoms with van der Waals surface area (Å²) < 4.78 is 28.0. The molecule has 0 radical (unpaired) electrons. The van der Waals surface area contributed by atoms with Crippen LogP contribution in [-0.2, 0) is 11.2 Å². The molecule has 0 N–H and O–H groups in total. The van der Waals surface area contributed by atoms with Gasteiger partial charge < -0.3 is 23.7 Å². The van der Waals surface area contributed by atoms with Crippen LogP contribution in [-0.4, -0.2) is 52.6 Å². The van der Waals surface area contributed by atoms with Gasteiger partial charge in [-0.25, -0.2) is 4.79 Å². The minimum Gasteiger partial charge on any atom is -0.497 e. The zero-order valence-corrected chi connectivity index (χ0v) is 17.3. The Kier molecular flexibility index (Phi) is 4.90. The van der Waals surface area contributed by atoms with Crippen molar-refractivity contribution in [2.45, 2.75) is 19.4 Å². The molecule has 4 rings (SSSR count). The average Bonchev–Trinajstić information content (AvgIpc) is 3.09. The van der Waals surface area contributed by atoms with E-state index in [4.69, 9.17) is 23.7 Å². The molecule has 7 nitrogen and oxygen atoms in total. The van der Waals surface area contributed by atoms with Crippen LogP contribution in [0.5, 0.6) is 23.0 Å². The van der Waals surface area contributed by atoms with Gasteiger partial charge >= 0.3 is 6.09 Å². The monoisotopic (exact) mass is 399 g/mol. The minimum atomic E-state index is -0.335. The summed E-state index contributed by atoms with van der Waals surface area (Å²) in [6, 6.07) is 5.58. The van der Waals surface area contributed by atoms with Crippen molar-refractivity contribution in [1.82, 2.24) is 4.90 Å². The lowest BCUT2D eigenvalue weighted by Gasteiger charge is -2.36. The van der Waals surface area contributed by atoms with Gasteiger partial charge in [0.2, 0.25) is 5.75 Å². The maximum Gasteiger partial charge on any atom is 0.410 e. The molecule has 2 aromatic rings. The first-order valence-corrected chi connectivity index (χ1v) is 9.57. The van der Waals surface area contributed by atoms with E-state index in [1.54, 1.807) is 33.3 Å². The van der Waals surface area contributed by atoms with Gasteiger partial charge in [-0.2, -0.15) is 0 Å². The largest absolute Gasteiger partial charge is 0.497 e. The number of benzene rings is 2. The molecule has 0 aromatic heterocycles. The van der Waals surface area contributed by atoms with Crippen LogP contribution in [0.25, 0.3) is 11.1 Å². The second-order valence-corrected chi connectivity index (χ2v) is 6.87. The van der Waals surface area contributed by atoms with E-state index in [1.165, 1.54) is 0 Å².